The first kappa shape index (κ1) is 14.8. The normalized spacial score (nSPS) is 13.9. The summed E-state index contributed by atoms with van der Waals surface area (Å²) >= 11 is 0. The van der Waals surface area contributed by atoms with Crippen LogP contribution in [0.15, 0.2) is 36.8 Å². The van der Waals surface area contributed by atoms with E-state index in [-0.39, 0.29) is 0 Å². The maximum atomic E-state index is 4.51. The number of pyridine rings is 1. The molecule has 0 spiro atoms. The van der Waals surface area contributed by atoms with Gasteiger partial charge in [0, 0.05) is 31.1 Å². The average molecular weight is 320 g/mol. The zero-order chi connectivity index (χ0) is 16.5. The molecule has 0 atom stereocenters. The molecule has 6 nitrogen and oxygen atoms in total. The number of rotatable bonds is 5. The number of aromatic nitrogens is 5. The zero-order valence-corrected chi connectivity index (χ0v) is 13.9. The summed E-state index contributed by atoms with van der Waals surface area (Å²) in [5.74, 6) is 2.25. The Bertz CT molecular complexity index is 851. The predicted octanol–water partition coefficient (Wildman–Crippen LogP) is 3.07. The molecule has 3 aromatic heterocycles. The highest BCUT2D eigenvalue weighted by atomic mass is 15.3. The third-order valence-electron chi connectivity index (χ3n) is 4.34. The van der Waals surface area contributed by atoms with Gasteiger partial charge in [0.25, 0.3) is 0 Å². The summed E-state index contributed by atoms with van der Waals surface area (Å²) in [6, 6.07) is 5.89. The molecule has 0 aliphatic heterocycles. The lowest BCUT2D eigenvalue weighted by Gasteiger charge is -2.10. The lowest BCUT2D eigenvalue weighted by atomic mass is 10.1. The van der Waals surface area contributed by atoms with Crippen LogP contribution in [0.25, 0.3) is 11.3 Å². The summed E-state index contributed by atoms with van der Waals surface area (Å²) in [4.78, 5) is 13.2. The van der Waals surface area contributed by atoms with Crippen LogP contribution in [0, 0.1) is 6.92 Å². The van der Waals surface area contributed by atoms with Crippen molar-refractivity contribution in [3.63, 3.8) is 0 Å². The van der Waals surface area contributed by atoms with Crippen LogP contribution < -0.4 is 5.32 Å². The fourth-order valence-electron chi connectivity index (χ4n) is 2.93. The molecule has 24 heavy (non-hydrogen) atoms. The van der Waals surface area contributed by atoms with E-state index in [0.29, 0.717) is 12.5 Å². The van der Waals surface area contributed by atoms with E-state index in [1.807, 2.05) is 49.2 Å². The van der Waals surface area contributed by atoms with E-state index in [1.54, 1.807) is 6.20 Å². The van der Waals surface area contributed by atoms with Crippen molar-refractivity contribution in [3.05, 3.63) is 53.9 Å². The van der Waals surface area contributed by atoms with Crippen LogP contribution in [-0.2, 0) is 13.6 Å². The minimum atomic E-state index is 0.689. The number of hydrogen-bond acceptors (Lipinski definition) is 5. The molecule has 0 bridgehead atoms. The molecule has 0 unspecified atom stereocenters. The van der Waals surface area contributed by atoms with Crippen molar-refractivity contribution < 1.29 is 0 Å². The minimum Gasteiger partial charge on any atom is -0.364 e. The largest absolute Gasteiger partial charge is 0.364 e. The maximum absolute atomic E-state index is 4.51. The second-order valence-corrected chi connectivity index (χ2v) is 6.23. The third kappa shape index (κ3) is 2.99. The molecule has 1 N–H and O–H groups in total. The van der Waals surface area contributed by atoms with Gasteiger partial charge in [-0.25, -0.2) is 9.97 Å². The zero-order valence-electron chi connectivity index (χ0n) is 13.9. The van der Waals surface area contributed by atoms with Crippen molar-refractivity contribution in [2.24, 2.45) is 7.05 Å². The van der Waals surface area contributed by atoms with Crippen molar-refractivity contribution in [2.45, 2.75) is 32.2 Å². The van der Waals surface area contributed by atoms with E-state index in [1.165, 1.54) is 24.1 Å². The fraction of sp³-hybridized carbons (Fsp3) is 0.333. The number of nitrogens with one attached hydrogen (secondary N) is 1. The molecule has 4 rings (SSSR count). The van der Waals surface area contributed by atoms with Gasteiger partial charge in [-0.15, -0.1) is 0 Å². The highest BCUT2D eigenvalue weighted by Crippen LogP contribution is 2.41. The molecule has 1 saturated carbocycles. The van der Waals surface area contributed by atoms with E-state index in [0.717, 1.165) is 22.9 Å². The lowest BCUT2D eigenvalue weighted by molar-refractivity contribution is 0.716. The van der Waals surface area contributed by atoms with Crippen molar-refractivity contribution in [1.29, 1.82) is 0 Å². The van der Waals surface area contributed by atoms with Crippen LogP contribution in [0.4, 0.5) is 5.82 Å². The Labute approximate surface area is 141 Å². The van der Waals surface area contributed by atoms with Crippen molar-refractivity contribution in [3.8, 4) is 11.3 Å². The average Bonchev–Trinajstić information content (AvgIpc) is 3.37. The minimum absolute atomic E-state index is 0.689. The Kier molecular flexibility index (Phi) is 3.72. The third-order valence-corrected chi connectivity index (χ3v) is 4.34. The number of nitrogens with zero attached hydrogens (tertiary/aromatic N) is 5. The van der Waals surface area contributed by atoms with Crippen molar-refractivity contribution in [2.75, 3.05) is 5.32 Å². The number of aryl methyl sites for hydroxylation is 2. The molecule has 3 aromatic rings. The second-order valence-electron chi connectivity index (χ2n) is 6.23. The van der Waals surface area contributed by atoms with Crippen molar-refractivity contribution in [1.82, 2.24) is 24.7 Å². The van der Waals surface area contributed by atoms with E-state index in [9.17, 15) is 0 Å². The van der Waals surface area contributed by atoms with Gasteiger partial charge in [-0.1, -0.05) is 0 Å². The molecule has 3 heterocycles. The van der Waals surface area contributed by atoms with Gasteiger partial charge >= 0.3 is 0 Å². The van der Waals surface area contributed by atoms with Crippen LogP contribution >= 0.6 is 0 Å². The van der Waals surface area contributed by atoms with Gasteiger partial charge in [-0.3, -0.25) is 9.67 Å². The smallest absolute Gasteiger partial charge is 0.130 e. The molecule has 0 radical (unpaired) electrons. The summed E-state index contributed by atoms with van der Waals surface area (Å²) in [5.41, 5.74) is 4.47. The standard InChI is InChI=1S/C18H20N6/c1-12-22-16(14-4-3-7-19-9-14)8-18(23-12)20-11-17-15(13-5-6-13)10-21-24(17)2/h3-4,7-10,13H,5-6,11H2,1-2H3,(H,20,22,23). The Morgan fingerprint density at radius 1 is 1.25 bits per heavy atom. The van der Waals surface area contributed by atoms with Gasteiger partial charge in [-0.2, -0.15) is 5.10 Å². The van der Waals surface area contributed by atoms with Gasteiger partial charge in [0.05, 0.1) is 24.1 Å². The molecule has 1 fully saturated rings. The first-order chi connectivity index (χ1) is 11.7. The summed E-state index contributed by atoms with van der Waals surface area (Å²) < 4.78 is 1.96. The first-order valence-electron chi connectivity index (χ1n) is 8.21. The number of anilines is 1. The van der Waals surface area contributed by atoms with E-state index in [2.05, 4.69) is 25.4 Å². The topological polar surface area (TPSA) is 68.5 Å². The van der Waals surface area contributed by atoms with E-state index in [4.69, 9.17) is 0 Å². The molecular weight excluding hydrogens is 300 g/mol. The van der Waals surface area contributed by atoms with Crippen LogP contribution in [0.3, 0.4) is 0 Å². The summed E-state index contributed by atoms with van der Waals surface area (Å²) in [7, 11) is 2.00. The molecule has 6 heteroatoms. The molecule has 0 saturated heterocycles. The van der Waals surface area contributed by atoms with E-state index < -0.39 is 0 Å². The Hall–Kier alpha value is -2.76. The molecule has 1 aliphatic rings. The Morgan fingerprint density at radius 2 is 2.12 bits per heavy atom. The summed E-state index contributed by atoms with van der Waals surface area (Å²) in [6.45, 7) is 2.62. The fourth-order valence-corrected chi connectivity index (χ4v) is 2.93. The molecule has 0 aromatic carbocycles. The predicted molar refractivity (Wildman–Crippen MR) is 92.5 cm³/mol. The van der Waals surface area contributed by atoms with Gasteiger partial charge in [0.15, 0.2) is 0 Å². The SMILES string of the molecule is Cc1nc(NCc2c(C3CC3)cnn2C)cc(-c2cccnc2)n1. The van der Waals surface area contributed by atoms with E-state index >= 15 is 0 Å². The van der Waals surface area contributed by atoms with Crippen LogP contribution in [0.1, 0.15) is 35.8 Å². The molecule has 0 amide bonds. The van der Waals surface area contributed by atoms with Crippen molar-refractivity contribution >= 4 is 5.82 Å². The summed E-state index contributed by atoms with van der Waals surface area (Å²) in [5, 5.41) is 7.84. The Morgan fingerprint density at radius 3 is 2.88 bits per heavy atom. The monoisotopic (exact) mass is 320 g/mol. The highest BCUT2D eigenvalue weighted by Gasteiger charge is 2.28. The lowest BCUT2D eigenvalue weighted by Crippen LogP contribution is -2.09. The Balaban J connectivity index is 1.57. The molecule has 1 aliphatic carbocycles. The second kappa shape index (κ2) is 6.03. The van der Waals surface area contributed by atoms with Crippen LogP contribution in [0.5, 0.6) is 0 Å². The van der Waals surface area contributed by atoms with Gasteiger partial charge in [-0.05, 0) is 43.4 Å². The van der Waals surface area contributed by atoms with Crippen LogP contribution in [-0.4, -0.2) is 24.7 Å². The van der Waals surface area contributed by atoms with Gasteiger partial charge < -0.3 is 5.32 Å². The maximum Gasteiger partial charge on any atom is 0.130 e. The van der Waals surface area contributed by atoms with Gasteiger partial charge in [0.1, 0.15) is 11.6 Å². The molecular formula is C18H20N6. The summed E-state index contributed by atoms with van der Waals surface area (Å²) in [6.07, 6.45) is 8.13. The van der Waals surface area contributed by atoms with Crippen LogP contribution in [0.2, 0.25) is 0 Å². The first-order valence-corrected chi connectivity index (χ1v) is 8.21. The quantitative estimate of drug-likeness (QED) is 0.782. The highest BCUT2D eigenvalue weighted by molar-refractivity contribution is 5.61. The van der Waals surface area contributed by atoms with Gasteiger partial charge in [0.2, 0.25) is 0 Å². The number of hydrogen-bond donors (Lipinski definition) is 1. The molecule has 122 valence electrons.